The van der Waals surface area contributed by atoms with Crippen molar-refractivity contribution in [3.8, 4) is 0 Å². The highest BCUT2D eigenvalue weighted by Crippen LogP contribution is 2.49. The number of carboxylic acid groups (broad SMARTS) is 1. The van der Waals surface area contributed by atoms with Crippen molar-refractivity contribution >= 4 is 33.5 Å². The van der Waals surface area contributed by atoms with Crippen LogP contribution in [0.4, 0.5) is 0 Å². The number of aliphatic carboxylic acids is 1. The van der Waals surface area contributed by atoms with Crippen LogP contribution in [0.5, 0.6) is 0 Å². The van der Waals surface area contributed by atoms with Crippen LogP contribution >= 0.6 is 11.8 Å². The van der Waals surface area contributed by atoms with Crippen molar-refractivity contribution in [3.05, 3.63) is 11.3 Å². The minimum Gasteiger partial charge on any atom is -0.481 e. The van der Waals surface area contributed by atoms with Crippen LogP contribution in [0.15, 0.2) is 11.3 Å². The number of hydrogen-bond donors (Lipinski definition) is 1. The summed E-state index contributed by atoms with van der Waals surface area (Å²) in [6, 6.07) is 0. The van der Waals surface area contributed by atoms with E-state index in [2.05, 4.69) is 0 Å². The lowest BCUT2D eigenvalue weighted by molar-refractivity contribution is -0.160. The minimum atomic E-state index is -3.78. The summed E-state index contributed by atoms with van der Waals surface area (Å²) in [7, 11) is -2.47. The SMILES string of the molecule is CO[C@H]1C(=O)N2C(C(C)(C)C)=C(C)C(SCC(=O)O)S(=O)(=O)[C@@H]12. The van der Waals surface area contributed by atoms with E-state index in [1.165, 1.54) is 12.0 Å². The molecule has 1 amide bonds. The molecule has 2 aliphatic rings. The highest BCUT2D eigenvalue weighted by atomic mass is 32.3. The first-order valence-electron chi connectivity index (χ1n) is 7.07. The standard InChI is InChI=1S/C14H21NO6S2/c1-7-10(14(2,3)4)15-11(18)9(21-5)12(15)23(19,20)13(7)22-6-8(16)17/h9,12-13H,6H2,1-5H3,(H,16,17)/t9-,12-,13?/m0/s1. The Balaban J connectivity index is 2.58. The van der Waals surface area contributed by atoms with Crippen molar-refractivity contribution in [1.82, 2.24) is 4.90 Å². The quantitative estimate of drug-likeness (QED) is 0.745. The average molecular weight is 363 g/mol. The van der Waals surface area contributed by atoms with Crippen molar-refractivity contribution < 1.29 is 27.9 Å². The maximum Gasteiger partial charge on any atom is 0.313 e. The first-order valence-corrected chi connectivity index (χ1v) is 9.73. The van der Waals surface area contributed by atoms with Crippen LogP contribution in [0, 0.1) is 5.41 Å². The second-order valence-corrected chi connectivity index (χ2v) is 10.2. The molecule has 0 saturated carbocycles. The van der Waals surface area contributed by atoms with Crippen LogP contribution in [0.1, 0.15) is 27.7 Å². The molecule has 1 saturated heterocycles. The summed E-state index contributed by atoms with van der Waals surface area (Å²) in [6.07, 6.45) is -1.03. The Bertz CT molecular complexity index is 676. The summed E-state index contributed by atoms with van der Waals surface area (Å²) in [5, 5.41) is 7.80. The molecule has 1 fully saturated rings. The van der Waals surface area contributed by atoms with Crippen LogP contribution in [0.3, 0.4) is 0 Å². The monoisotopic (exact) mass is 363 g/mol. The molecule has 0 bridgehead atoms. The maximum atomic E-state index is 12.9. The summed E-state index contributed by atoms with van der Waals surface area (Å²) in [5.74, 6) is -1.77. The third kappa shape index (κ3) is 2.78. The van der Waals surface area contributed by atoms with Gasteiger partial charge in [0.1, 0.15) is 4.58 Å². The number of ether oxygens (including phenoxy) is 1. The normalized spacial score (nSPS) is 30.0. The summed E-state index contributed by atoms with van der Waals surface area (Å²) in [4.78, 5) is 24.4. The van der Waals surface area contributed by atoms with Crippen molar-refractivity contribution in [2.45, 2.75) is 43.8 Å². The number of carbonyl (C=O) groups excluding carboxylic acids is 1. The molecular weight excluding hydrogens is 342 g/mol. The van der Waals surface area contributed by atoms with E-state index in [-0.39, 0.29) is 11.7 Å². The molecule has 0 aromatic carbocycles. The maximum absolute atomic E-state index is 12.9. The number of hydrogen-bond acceptors (Lipinski definition) is 6. The Hall–Kier alpha value is -1.06. The van der Waals surface area contributed by atoms with Crippen LogP contribution in [-0.4, -0.2) is 59.2 Å². The number of sulfone groups is 1. The van der Waals surface area contributed by atoms with Crippen LogP contribution in [-0.2, 0) is 24.2 Å². The van der Waals surface area contributed by atoms with Gasteiger partial charge >= 0.3 is 5.97 Å². The first kappa shape index (κ1) is 18.3. The van der Waals surface area contributed by atoms with Gasteiger partial charge in [0.05, 0.1) is 5.75 Å². The fraction of sp³-hybridized carbons (Fsp3) is 0.714. The Morgan fingerprint density at radius 3 is 2.39 bits per heavy atom. The second kappa shape index (κ2) is 5.78. The predicted molar refractivity (Wildman–Crippen MR) is 86.4 cm³/mol. The number of methoxy groups -OCH3 is 1. The van der Waals surface area contributed by atoms with E-state index >= 15 is 0 Å². The van der Waals surface area contributed by atoms with Crippen molar-refractivity contribution in [1.29, 1.82) is 0 Å². The molecule has 2 heterocycles. The Morgan fingerprint density at radius 2 is 1.96 bits per heavy atom. The van der Waals surface area contributed by atoms with Gasteiger partial charge in [0.2, 0.25) is 0 Å². The highest BCUT2D eigenvalue weighted by molar-refractivity contribution is 8.14. The molecule has 23 heavy (non-hydrogen) atoms. The molecule has 3 atom stereocenters. The molecule has 2 aliphatic heterocycles. The molecule has 0 aliphatic carbocycles. The molecule has 0 radical (unpaired) electrons. The lowest BCUT2D eigenvalue weighted by atomic mass is 9.85. The molecule has 0 aromatic rings. The fourth-order valence-electron chi connectivity index (χ4n) is 3.21. The van der Waals surface area contributed by atoms with Gasteiger partial charge < -0.3 is 9.84 Å². The summed E-state index contributed by atoms with van der Waals surface area (Å²) in [5.41, 5.74) is 0.704. The van der Waals surface area contributed by atoms with Crippen molar-refractivity contribution in [2.75, 3.05) is 12.9 Å². The predicted octanol–water partition coefficient (Wildman–Crippen LogP) is 1.06. The molecule has 7 nitrogen and oxygen atoms in total. The van der Waals surface area contributed by atoms with E-state index in [1.54, 1.807) is 6.92 Å². The van der Waals surface area contributed by atoms with Crippen molar-refractivity contribution in [2.24, 2.45) is 5.41 Å². The first-order chi connectivity index (χ1) is 10.4. The highest BCUT2D eigenvalue weighted by Gasteiger charge is 2.62. The smallest absolute Gasteiger partial charge is 0.313 e. The second-order valence-electron chi connectivity index (χ2n) is 6.66. The topological polar surface area (TPSA) is 101 Å². The van der Waals surface area contributed by atoms with E-state index in [1.807, 2.05) is 20.8 Å². The fourth-order valence-corrected chi connectivity index (χ4v) is 7.10. The zero-order valence-electron chi connectivity index (χ0n) is 13.7. The number of carboxylic acids is 1. The number of amides is 1. The Kier molecular flexibility index (Phi) is 4.60. The average Bonchev–Trinajstić information content (AvgIpc) is 2.38. The number of carbonyl (C=O) groups is 2. The number of β-lactam (4-membered cyclic amide) rings is 1. The van der Waals surface area contributed by atoms with E-state index < -0.39 is 37.3 Å². The Labute approximate surface area is 140 Å². The molecule has 0 spiro atoms. The van der Waals surface area contributed by atoms with Gasteiger partial charge in [-0.05, 0) is 12.5 Å². The minimum absolute atomic E-state index is 0.322. The Morgan fingerprint density at radius 1 is 1.39 bits per heavy atom. The third-order valence-corrected chi connectivity index (χ3v) is 8.28. The molecule has 2 rings (SSSR count). The number of allylic oxidation sites excluding steroid dienone is 1. The zero-order chi connectivity index (χ0) is 17.7. The van der Waals surface area contributed by atoms with E-state index in [4.69, 9.17) is 9.84 Å². The van der Waals surface area contributed by atoms with E-state index in [9.17, 15) is 18.0 Å². The van der Waals surface area contributed by atoms with Crippen LogP contribution in [0.25, 0.3) is 0 Å². The molecule has 1 N–H and O–H groups in total. The zero-order valence-corrected chi connectivity index (χ0v) is 15.3. The number of thioether (sulfide) groups is 1. The van der Waals surface area contributed by atoms with Crippen LogP contribution in [0.2, 0.25) is 0 Å². The summed E-state index contributed by atoms with van der Waals surface area (Å²) in [6.45, 7) is 7.34. The van der Waals surface area contributed by atoms with Crippen LogP contribution < -0.4 is 0 Å². The van der Waals surface area contributed by atoms with E-state index in [0.29, 0.717) is 11.3 Å². The molecule has 1 unspecified atom stereocenters. The van der Waals surface area contributed by atoms with Gasteiger partial charge in [-0.2, -0.15) is 0 Å². The largest absolute Gasteiger partial charge is 0.481 e. The van der Waals surface area contributed by atoms with Gasteiger partial charge in [0.25, 0.3) is 5.91 Å². The molecule has 9 heteroatoms. The van der Waals surface area contributed by atoms with Crippen molar-refractivity contribution in [3.63, 3.8) is 0 Å². The number of nitrogens with zero attached hydrogens (tertiary/aromatic N) is 1. The number of fused-ring (bicyclic) bond motifs is 1. The van der Waals surface area contributed by atoms with Gasteiger partial charge in [0, 0.05) is 18.2 Å². The van der Waals surface area contributed by atoms with Gasteiger partial charge in [-0.15, -0.1) is 11.8 Å². The molecule has 0 aromatic heterocycles. The lowest BCUT2D eigenvalue weighted by Gasteiger charge is -2.53. The summed E-state index contributed by atoms with van der Waals surface area (Å²) >= 11 is 0.855. The van der Waals surface area contributed by atoms with E-state index in [0.717, 1.165) is 11.8 Å². The number of rotatable bonds is 4. The third-order valence-electron chi connectivity index (χ3n) is 3.92. The van der Waals surface area contributed by atoms with Gasteiger partial charge in [-0.3, -0.25) is 14.5 Å². The van der Waals surface area contributed by atoms with Gasteiger partial charge in [0.15, 0.2) is 21.3 Å². The van der Waals surface area contributed by atoms with Gasteiger partial charge in [-0.1, -0.05) is 20.8 Å². The lowest BCUT2D eigenvalue weighted by Crippen LogP contribution is -2.71. The summed E-state index contributed by atoms with van der Waals surface area (Å²) < 4.78 is 29.8. The molecular formula is C14H21NO6S2. The van der Waals surface area contributed by atoms with Gasteiger partial charge in [-0.25, -0.2) is 8.42 Å². The molecule has 130 valence electrons.